The second-order valence-corrected chi connectivity index (χ2v) is 4.38. The highest BCUT2D eigenvalue weighted by atomic mass is 16.5. The molecule has 0 aliphatic heterocycles. The lowest BCUT2D eigenvalue weighted by atomic mass is 10.00. The Labute approximate surface area is 99.0 Å². The van der Waals surface area contributed by atoms with Crippen molar-refractivity contribution in [1.29, 1.82) is 0 Å². The largest absolute Gasteiger partial charge is 0.385 e. The molecule has 1 unspecified atom stereocenters. The highest BCUT2D eigenvalue weighted by molar-refractivity contribution is 5.32. The Morgan fingerprint density at radius 2 is 2.06 bits per heavy atom. The Morgan fingerprint density at radius 1 is 1.31 bits per heavy atom. The molecule has 0 amide bonds. The van der Waals surface area contributed by atoms with Crippen LogP contribution in [0.25, 0.3) is 0 Å². The van der Waals surface area contributed by atoms with Gasteiger partial charge in [-0.25, -0.2) is 0 Å². The fourth-order valence-corrected chi connectivity index (χ4v) is 1.87. The van der Waals surface area contributed by atoms with E-state index in [-0.39, 0.29) is 0 Å². The van der Waals surface area contributed by atoms with Gasteiger partial charge in [-0.15, -0.1) is 0 Å². The first-order valence-electron chi connectivity index (χ1n) is 5.94. The number of hydrogen-bond acceptors (Lipinski definition) is 2. The molecule has 2 nitrogen and oxygen atoms in total. The van der Waals surface area contributed by atoms with Crippen LogP contribution in [-0.4, -0.2) is 20.3 Å². The number of rotatable bonds is 6. The minimum atomic E-state index is 0.414. The summed E-state index contributed by atoms with van der Waals surface area (Å²) in [5, 5.41) is 3.52. The third-order valence-corrected chi connectivity index (χ3v) is 2.88. The zero-order valence-electron chi connectivity index (χ0n) is 10.8. The van der Waals surface area contributed by atoms with Crippen molar-refractivity contribution in [3.05, 3.63) is 34.9 Å². The number of ether oxygens (including phenoxy) is 1. The van der Waals surface area contributed by atoms with Crippen molar-refractivity contribution in [1.82, 2.24) is 5.32 Å². The molecule has 0 aromatic heterocycles. The van der Waals surface area contributed by atoms with E-state index in [2.05, 4.69) is 44.3 Å². The number of aryl methyl sites for hydroxylation is 2. The van der Waals surface area contributed by atoms with E-state index < -0.39 is 0 Å². The maximum Gasteiger partial charge on any atom is 0.0474 e. The molecule has 0 spiro atoms. The molecule has 1 atom stereocenters. The van der Waals surface area contributed by atoms with Crippen LogP contribution in [0.2, 0.25) is 0 Å². The summed E-state index contributed by atoms with van der Waals surface area (Å²) in [7, 11) is 1.74. The van der Waals surface area contributed by atoms with E-state index in [9.17, 15) is 0 Å². The van der Waals surface area contributed by atoms with Crippen LogP contribution < -0.4 is 5.32 Å². The molecule has 0 radical (unpaired) electrons. The molecule has 1 N–H and O–H groups in total. The Bertz CT molecular complexity index is 323. The summed E-state index contributed by atoms with van der Waals surface area (Å²) in [6.45, 7) is 8.35. The van der Waals surface area contributed by atoms with Gasteiger partial charge in [0.15, 0.2) is 0 Å². The van der Waals surface area contributed by atoms with Gasteiger partial charge in [-0.05, 0) is 44.9 Å². The number of methoxy groups -OCH3 is 1. The van der Waals surface area contributed by atoms with E-state index in [1.165, 1.54) is 16.7 Å². The fraction of sp³-hybridized carbons (Fsp3) is 0.571. The quantitative estimate of drug-likeness (QED) is 0.746. The average Bonchev–Trinajstić information content (AvgIpc) is 2.27. The van der Waals surface area contributed by atoms with Gasteiger partial charge in [-0.3, -0.25) is 0 Å². The highest BCUT2D eigenvalue weighted by Crippen LogP contribution is 2.18. The molecule has 2 heteroatoms. The summed E-state index contributed by atoms with van der Waals surface area (Å²) in [5.74, 6) is 0. The van der Waals surface area contributed by atoms with Crippen LogP contribution in [0.4, 0.5) is 0 Å². The van der Waals surface area contributed by atoms with Crippen LogP contribution in [0, 0.1) is 13.8 Å². The van der Waals surface area contributed by atoms with Crippen molar-refractivity contribution in [2.24, 2.45) is 0 Å². The van der Waals surface area contributed by atoms with Gasteiger partial charge in [0.1, 0.15) is 0 Å². The predicted octanol–water partition coefficient (Wildman–Crippen LogP) is 2.99. The molecule has 16 heavy (non-hydrogen) atoms. The molecule has 1 aromatic rings. The summed E-state index contributed by atoms with van der Waals surface area (Å²) in [6, 6.07) is 7.04. The molecule has 0 aliphatic carbocycles. The van der Waals surface area contributed by atoms with E-state index in [1.807, 2.05) is 0 Å². The van der Waals surface area contributed by atoms with Crippen LogP contribution in [0.5, 0.6) is 0 Å². The molecule has 0 bridgehead atoms. The van der Waals surface area contributed by atoms with Gasteiger partial charge >= 0.3 is 0 Å². The molecule has 0 saturated carbocycles. The zero-order valence-corrected chi connectivity index (χ0v) is 10.8. The Hall–Kier alpha value is -0.860. The second kappa shape index (κ2) is 6.66. The first kappa shape index (κ1) is 13.2. The normalized spacial score (nSPS) is 12.8. The molecule has 0 fully saturated rings. The van der Waals surface area contributed by atoms with Gasteiger partial charge in [0, 0.05) is 19.8 Å². The molecule has 0 saturated heterocycles. The Balaban J connectivity index is 2.51. The first-order valence-corrected chi connectivity index (χ1v) is 5.94. The van der Waals surface area contributed by atoms with Crippen molar-refractivity contribution in [3.63, 3.8) is 0 Å². The minimum Gasteiger partial charge on any atom is -0.385 e. The average molecular weight is 221 g/mol. The van der Waals surface area contributed by atoms with Crippen molar-refractivity contribution in [2.75, 3.05) is 20.3 Å². The summed E-state index contributed by atoms with van der Waals surface area (Å²) >= 11 is 0. The number of nitrogens with one attached hydrogen (secondary N) is 1. The third kappa shape index (κ3) is 3.95. The summed E-state index contributed by atoms with van der Waals surface area (Å²) in [4.78, 5) is 0. The van der Waals surface area contributed by atoms with Crippen LogP contribution in [0.1, 0.15) is 36.1 Å². The summed E-state index contributed by atoms with van der Waals surface area (Å²) in [5.41, 5.74) is 4.08. The standard InChI is InChI=1S/C14H23NO/c1-11-6-7-12(2)14(10-11)13(3)15-8-5-9-16-4/h6-7,10,13,15H,5,8-9H2,1-4H3. The zero-order chi connectivity index (χ0) is 12.0. The Morgan fingerprint density at radius 3 is 2.75 bits per heavy atom. The van der Waals surface area contributed by atoms with Crippen molar-refractivity contribution >= 4 is 0 Å². The highest BCUT2D eigenvalue weighted by Gasteiger charge is 2.07. The van der Waals surface area contributed by atoms with Crippen LogP contribution in [-0.2, 0) is 4.74 Å². The van der Waals surface area contributed by atoms with E-state index in [0.717, 1.165) is 19.6 Å². The number of hydrogen-bond donors (Lipinski definition) is 1. The van der Waals surface area contributed by atoms with Crippen LogP contribution in [0.15, 0.2) is 18.2 Å². The van der Waals surface area contributed by atoms with E-state index >= 15 is 0 Å². The first-order chi connectivity index (χ1) is 7.65. The Kier molecular flexibility index (Phi) is 5.50. The predicted molar refractivity (Wildman–Crippen MR) is 68.8 cm³/mol. The molecular formula is C14H23NO. The van der Waals surface area contributed by atoms with Crippen molar-refractivity contribution in [2.45, 2.75) is 33.2 Å². The molecule has 1 aromatic carbocycles. The van der Waals surface area contributed by atoms with Gasteiger partial charge in [-0.2, -0.15) is 0 Å². The van der Waals surface area contributed by atoms with E-state index in [0.29, 0.717) is 6.04 Å². The van der Waals surface area contributed by atoms with E-state index in [1.54, 1.807) is 7.11 Å². The lowest BCUT2D eigenvalue weighted by molar-refractivity contribution is 0.193. The minimum absolute atomic E-state index is 0.414. The molecular weight excluding hydrogens is 198 g/mol. The maximum absolute atomic E-state index is 5.03. The fourth-order valence-electron chi connectivity index (χ4n) is 1.87. The summed E-state index contributed by atoms with van der Waals surface area (Å²) in [6.07, 6.45) is 1.06. The smallest absolute Gasteiger partial charge is 0.0474 e. The SMILES string of the molecule is COCCCNC(C)c1cc(C)ccc1C. The van der Waals surface area contributed by atoms with Gasteiger partial charge in [0.2, 0.25) is 0 Å². The molecule has 1 rings (SSSR count). The van der Waals surface area contributed by atoms with Gasteiger partial charge < -0.3 is 10.1 Å². The molecule has 0 aliphatic rings. The monoisotopic (exact) mass is 221 g/mol. The van der Waals surface area contributed by atoms with Crippen molar-refractivity contribution < 1.29 is 4.74 Å². The molecule has 0 heterocycles. The molecule has 90 valence electrons. The second-order valence-electron chi connectivity index (χ2n) is 4.38. The van der Waals surface area contributed by atoms with Gasteiger partial charge in [0.05, 0.1) is 0 Å². The van der Waals surface area contributed by atoms with Gasteiger partial charge in [-0.1, -0.05) is 23.8 Å². The maximum atomic E-state index is 5.03. The lowest BCUT2D eigenvalue weighted by Crippen LogP contribution is -2.21. The lowest BCUT2D eigenvalue weighted by Gasteiger charge is -2.17. The van der Waals surface area contributed by atoms with Crippen molar-refractivity contribution in [3.8, 4) is 0 Å². The van der Waals surface area contributed by atoms with E-state index in [4.69, 9.17) is 4.74 Å². The summed E-state index contributed by atoms with van der Waals surface area (Å²) < 4.78 is 5.03. The van der Waals surface area contributed by atoms with Crippen LogP contribution >= 0.6 is 0 Å². The van der Waals surface area contributed by atoms with Gasteiger partial charge in [0.25, 0.3) is 0 Å². The third-order valence-electron chi connectivity index (χ3n) is 2.88. The number of benzene rings is 1. The van der Waals surface area contributed by atoms with Crippen LogP contribution in [0.3, 0.4) is 0 Å². The topological polar surface area (TPSA) is 21.3 Å².